The molecule has 0 atom stereocenters. The number of nitrogens with zero attached hydrogens (tertiary/aromatic N) is 2. The predicted molar refractivity (Wildman–Crippen MR) is 73.3 cm³/mol. The highest BCUT2D eigenvalue weighted by molar-refractivity contribution is 6.30. The average Bonchev–Trinajstić information content (AvgIpc) is 2.85. The van der Waals surface area contributed by atoms with Gasteiger partial charge in [0.05, 0.1) is 0 Å². The molecule has 1 aromatic heterocycles. The molecule has 0 aliphatic carbocycles. The van der Waals surface area contributed by atoms with Crippen LogP contribution in [0.5, 0.6) is 0 Å². The van der Waals surface area contributed by atoms with Crippen molar-refractivity contribution in [3.05, 3.63) is 29.3 Å². The fraction of sp³-hybridized carbons (Fsp3) is 0.250. The zero-order valence-corrected chi connectivity index (χ0v) is 11.4. The van der Waals surface area contributed by atoms with Gasteiger partial charge < -0.3 is 4.42 Å². The van der Waals surface area contributed by atoms with Crippen molar-refractivity contribution in [2.24, 2.45) is 0 Å². The molecule has 2 aromatic rings. The highest BCUT2D eigenvalue weighted by atomic mass is 35.5. The molecule has 0 saturated carbocycles. The first kappa shape index (κ1) is 13.8. The number of benzene rings is 1. The third-order valence-corrected chi connectivity index (χ3v) is 2.82. The second-order valence-corrected chi connectivity index (χ2v) is 4.57. The quantitative estimate of drug-likeness (QED) is 0.860. The van der Waals surface area contributed by atoms with Crippen LogP contribution < -0.4 is 5.32 Å². The summed E-state index contributed by atoms with van der Waals surface area (Å²) in [7, 11) is 0. The Hall–Kier alpha value is -1.59. The van der Waals surface area contributed by atoms with Crippen molar-refractivity contribution in [1.82, 2.24) is 10.2 Å². The van der Waals surface area contributed by atoms with Crippen LogP contribution in [0.25, 0.3) is 11.5 Å². The van der Waals surface area contributed by atoms with Crippen molar-refractivity contribution < 1.29 is 9.21 Å². The van der Waals surface area contributed by atoms with Crippen molar-refractivity contribution in [3.63, 3.8) is 0 Å². The number of carbonyl (C=O) groups excluding carboxylic acids is 1. The first-order chi connectivity index (χ1) is 9.19. The van der Waals surface area contributed by atoms with Gasteiger partial charge in [-0.1, -0.05) is 16.7 Å². The number of rotatable bonds is 5. The molecule has 7 heteroatoms. The molecule has 19 heavy (non-hydrogen) atoms. The molecule has 0 fully saturated rings. The van der Waals surface area contributed by atoms with E-state index in [0.29, 0.717) is 29.6 Å². The lowest BCUT2D eigenvalue weighted by Crippen LogP contribution is -2.11. The van der Waals surface area contributed by atoms with Crippen LogP contribution >= 0.6 is 23.2 Å². The molecule has 5 nitrogen and oxygen atoms in total. The third kappa shape index (κ3) is 3.94. The molecule has 1 heterocycles. The van der Waals surface area contributed by atoms with E-state index < -0.39 is 0 Å². The van der Waals surface area contributed by atoms with E-state index in [-0.39, 0.29) is 11.9 Å². The summed E-state index contributed by atoms with van der Waals surface area (Å²) in [6, 6.07) is 7.04. The van der Waals surface area contributed by atoms with Gasteiger partial charge in [-0.15, -0.1) is 16.7 Å². The summed E-state index contributed by atoms with van der Waals surface area (Å²) in [6.07, 6.45) is 0.924. The zero-order chi connectivity index (χ0) is 13.7. The summed E-state index contributed by atoms with van der Waals surface area (Å²) in [4.78, 5) is 11.4. The summed E-state index contributed by atoms with van der Waals surface area (Å²) >= 11 is 11.3. The van der Waals surface area contributed by atoms with Gasteiger partial charge in [-0.3, -0.25) is 10.1 Å². The van der Waals surface area contributed by atoms with Crippen LogP contribution in [0.3, 0.4) is 0 Å². The van der Waals surface area contributed by atoms with Gasteiger partial charge in [0.2, 0.25) is 11.8 Å². The van der Waals surface area contributed by atoms with Crippen LogP contribution in [0.2, 0.25) is 5.02 Å². The van der Waals surface area contributed by atoms with Crippen LogP contribution in [0.15, 0.2) is 28.7 Å². The van der Waals surface area contributed by atoms with Crippen LogP contribution in [-0.2, 0) is 4.79 Å². The summed E-state index contributed by atoms with van der Waals surface area (Å²) in [6.45, 7) is 0. The number of amides is 1. The second kappa shape index (κ2) is 6.54. The summed E-state index contributed by atoms with van der Waals surface area (Å²) in [5.41, 5.74) is 0.734. The minimum atomic E-state index is -0.202. The molecule has 0 spiro atoms. The van der Waals surface area contributed by atoms with Gasteiger partial charge >= 0.3 is 6.01 Å². The first-order valence-corrected chi connectivity index (χ1v) is 6.55. The maximum absolute atomic E-state index is 11.4. The van der Waals surface area contributed by atoms with Crippen LogP contribution in [0.4, 0.5) is 6.01 Å². The molecule has 100 valence electrons. The van der Waals surface area contributed by atoms with Gasteiger partial charge in [-0.2, -0.15) is 0 Å². The molecule has 1 aromatic carbocycles. The van der Waals surface area contributed by atoms with E-state index in [1.165, 1.54) is 0 Å². The molecular weight excluding hydrogens is 289 g/mol. The second-order valence-electron chi connectivity index (χ2n) is 3.76. The van der Waals surface area contributed by atoms with Gasteiger partial charge in [0.25, 0.3) is 0 Å². The Labute approximate surface area is 119 Å². The van der Waals surface area contributed by atoms with E-state index in [2.05, 4.69) is 15.5 Å². The summed E-state index contributed by atoms with van der Waals surface area (Å²) in [5.74, 6) is 0.559. The Bertz CT molecular complexity index is 554. The maximum atomic E-state index is 11.4. The number of nitrogens with one attached hydrogen (secondary N) is 1. The Morgan fingerprint density at radius 1 is 1.26 bits per heavy atom. The molecule has 0 bridgehead atoms. The van der Waals surface area contributed by atoms with Crippen molar-refractivity contribution >= 4 is 35.1 Å². The normalized spacial score (nSPS) is 10.4. The van der Waals surface area contributed by atoms with E-state index >= 15 is 0 Å². The average molecular weight is 300 g/mol. The van der Waals surface area contributed by atoms with Gasteiger partial charge in [0, 0.05) is 22.9 Å². The summed E-state index contributed by atoms with van der Waals surface area (Å²) < 4.78 is 5.33. The largest absolute Gasteiger partial charge is 0.403 e. The fourth-order valence-electron chi connectivity index (χ4n) is 1.39. The molecule has 0 aliphatic rings. The number of anilines is 1. The minimum Gasteiger partial charge on any atom is -0.403 e. The van der Waals surface area contributed by atoms with Gasteiger partial charge in [0.1, 0.15) is 0 Å². The van der Waals surface area contributed by atoms with Crippen LogP contribution in [-0.4, -0.2) is 22.0 Å². The van der Waals surface area contributed by atoms with E-state index in [9.17, 15) is 4.79 Å². The lowest BCUT2D eigenvalue weighted by Gasteiger charge is -1.98. The number of halogens is 2. The topological polar surface area (TPSA) is 68.0 Å². The van der Waals surface area contributed by atoms with E-state index in [4.69, 9.17) is 27.6 Å². The number of carbonyl (C=O) groups is 1. The lowest BCUT2D eigenvalue weighted by molar-refractivity contribution is -0.116. The molecule has 2 rings (SSSR count). The monoisotopic (exact) mass is 299 g/mol. The predicted octanol–water partition coefficient (Wildman–Crippen LogP) is 3.35. The molecule has 1 amide bonds. The minimum absolute atomic E-state index is 0.0736. The number of hydrogen-bond acceptors (Lipinski definition) is 4. The highest BCUT2D eigenvalue weighted by Gasteiger charge is 2.10. The van der Waals surface area contributed by atoms with E-state index in [1.807, 2.05) is 0 Å². The molecule has 0 radical (unpaired) electrons. The van der Waals surface area contributed by atoms with Gasteiger partial charge in [-0.25, -0.2) is 0 Å². The standard InChI is InChI=1S/C12H11Cl2N3O2/c13-7-1-2-10(18)15-12-17-16-11(19-12)8-3-5-9(14)6-4-8/h3-6H,1-2,7H2,(H,15,17,18). The maximum Gasteiger partial charge on any atom is 0.322 e. The number of hydrogen-bond donors (Lipinski definition) is 1. The number of aromatic nitrogens is 2. The Balaban J connectivity index is 2.02. The van der Waals surface area contributed by atoms with Crippen molar-refractivity contribution in [2.75, 3.05) is 11.2 Å². The molecule has 0 unspecified atom stereocenters. The molecule has 0 aliphatic heterocycles. The number of alkyl halides is 1. The SMILES string of the molecule is O=C(CCCCl)Nc1nnc(-c2ccc(Cl)cc2)o1. The lowest BCUT2D eigenvalue weighted by atomic mass is 10.2. The van der Waals surface area contributed by atoms with Crippen molar-refractivity contribution in [2.45, 2.75) is 12.8 Å². The molecule has 0 saturated heterocycles. The first-order valence-electron chi connectivity index (χ1n) is 5.64. The smallest absolute Gasteiger partial charge is 0.322 e. The highest BCUT2D eigenvalue weighted by Crippen LogP contribution is 2.21. The zero-order valence-electron chi connectivity index (χ0n) is 9.90. The van der Waals surface area contributed by atoms with Crippen molar-refractivity contribution in [3.8, 4) is 11.5 Å². The van der Waals surface area contributed by atoms with Gasteiger partial charge in [-0.05, 0) is 30.7 Å². The molecule has 1 N–H and O–H groups in total. The molecular formula is C12H11Cl2N3O2. The van der Waals surface area contributed by atoms with Crippen LogP contribution in [0, 0.1) is 0 Å². The van der Waals surface area contributed by atoms with Crippen molar-refractivity contribution in [1.29, 1.82) is 0 Å². The van der Waals surface area contributed by atoms with Crippen LogP contribution in [0.1, 0.15) is 12.8 Å². The Kier molecular flexibility index (Phi) is 4.76. The van der Waals surface area contributed by atoms with E-state index in [0.717, 1.165) is 5.56 Å². The summed E-state index contributed by atoms with van der Waals surface area (Å²) in [5, 5.41) is 10.7. The Morgan fingerprint density at radius 3 is 2.68 bits per heavy atom. The third-order valence-electron chi connectivity index (χ3n) is 2.30. The van der Waals surface area contributed by atoms with Gasteiger partial charge in [0.15, 0.2) is 0 Å². The Morgan fingerprint density at radius 2 is 2.00 bits per heavy atom. The van der Waals surface area contributed by atoms with E-state index in [1.54, 1.807) is 24.3 Å². The fourth-order valence-corrected chi connectivity index (χ4v) is 1.65.